The predicted molar refractivity (Wildman–Crippen MR) is 178 cm³/mol. The monoisotopic (exact) mass is 707 g/mol. The number of cyclic esters (lactones) is 1. The van der Waals surface area contributed by atoms with Crippen molar-refractivity contribution in [2.75, 3.05) is 32.1 Å². The maximum Gasteiger partial charge on any atom is 0.342 e. The molecule has 4 unspecified atom stereocenters. The highest BCUT2D eigenvalue weighted by Gasteiger charge is 2.43. The van der Waals surface area contributed by atoms with Crippen molar-refractivity contribution in [1.82, 2.24) is 10.2 Å². The highest BCUT2D eigenvalue weighted by atomic mass is 32.2. The number of benzene rings is 1. The third-order valence-corrected chi connectivity index (χ3v) is 9.40. The van der Waals surface area contributed by atoms with E-state index in [0.717, 1.165) is 37.1 Å². The van der Waals surface area contributed by atoms with E-state index in [1.165, 1.54) is 6.07 Å². The summed E-state index contributed by atoms with van der Waals surface area (Å²) in [5.41, 5.74) is -0.744. The quantitative estimate of drug-likeness (QED) is 0.111. The minimum Gasteiger partial charge on any atom is -0.508 e. The topological polar surface area (TPSA) is 228 Å². The third-order valence-electron chi connectivity index (χ3n) is 8.26. The number of carbonyl (C=O) groups excluding carboxylic acids is 3. The van der Waals surface area contributed by atoms with Crippen LogP contribution in [0.2, 0.25) is 0 Å². The molecule has 4 rings (SSSR count). The molecule has 7 N–H and O–H groups in total. The van der Waals surface area contributed by atoms with E-state index in [9.17, 15) is 45.0 Å². The number of phenolic OH excluding ortho intramolecular Hbond substituents is 2. The zero-order valence-electron chi connectivity index (χ0n) is 27.2. The fourth-order valence-electron chi connectivity index (χ4n) is 5.64. The average molecular weight is 708 g/mol. The minimum absolute atomic E-state index is 0.0855. The number of esters is 1. The highest BCUT2D eigenvalue weighted by Crippen LogP contribution is 2.30. The lowest BCUT2D eigenvalue weighted by Crippen LogP contribution is -2.57. The van der Waals surface area contributed by atoms with Gasteiger partial charge in [-0.25, -0.2) is 4.79 Å². The molecule has 2 fully saturated rings. The van der Waals surface area contributed by atoms with Gasteiger partial charge < -0.3 is 55.2 Å². The summed E-state index contributed by atoms with van der Waals surface area (Å²) in [6, 6.07) is 1.80. The smallest absolute Gasteiger partial charge is 0.342 e. The number of nitrogens with one attached hydrogen (secondary N) is 1. The first-order chi connectivity index (χ1) is 23.5. The first-order valence-electron chi connectivity index (χ1n) is 16.2. The number of hydrogen-bond acceptors (Lipinski definition) is 14. The van der Waals surface area contributed by atoms with Crippen LogP contribution in [0.5, 0.6) is 11.5 Å². The second-order valence-electron chi connectivity index (χ2n) is 12.2. The van der Waals surface area contributed by atoms with Crippen LogP contribution in [0.25, 0.3) is 0 Å². The number of thioether (sulfide) groups is 1. The minimum atomic E-state index is -1.56. The molecular weight excluding hydrogens is 662 g/mol. The Morgan fingerprint density at radius 1 is 1.06 bits per heavy atom. The summed E-state index contributed by atoms with van der Waals surface area (Å²) >= 11 is 0.900. The van der Waals surface area contributed by atoms with Crippen LogP contribution >= 0.6 is 11.8 Å². The number of likely N-dealkylation sites (tertiary alicyclic amines) is 1. The van der Waals surface area contributed by atoms with Gasteiger partial charge in [0, 0.05) is 32.0 Å². The molecule has 0 aromatic heterocycles. The molecule has 15 nitrogen and oxygen atoms in total. The van der Waals surface area contributed by atoms with Gasteiger partial charge in [0.25, 0.3) is 5.91 Å². The Bertz CT molecular complexity index is 1400. The van der Waals surface area contributed by atoms with Gasteiger partial charge in [0.2, 0.25) is 5.91 Å². The van der Waals surface area contributed by atoms with E-state index >= 15 is 0 Å². The number of amides is 2. The van der Waals surface area contributed by atoms with E-state index in [2.05, 4.69) is 10.5 Å². The van der Waals surface area contributed by atoms with E-state index in [-0.39, 0.29) is 60.1 Å². The zero-order valence-corrected chi connectivity index (χ0v) is 28.0. The molecule has 0 spiro atoms. The molecule has 3 aliphatic rings. The fourth-order valence-corrected chi connectivity index (χ4v) is 6.62. The number of phenols is 2. The van der Waals surface area contributed by atoms with Crippen LogP contribution < -0.4 is 5.32 Å². The zero-order chi connectivity index (χ0) is 35.5. The summed E-state index contributed by atoms with van der Waals surface area (Å²) in [6.07, 6.45) is 3.85. The van der Waals surface area contributed by atoms with Gasteiger partial charge in [-0.2, -0.15) is 0 Å². The van der Waals surface area contributed by atoms with Crippen molar-refractivity contribution in [3.8, 4) is 11.5 Å². The van der Waals surface area contributed by atoms with Gasteiger partial charge in [0.05, 0.1) is 24.1 Å². The number of ether oxygens (including phenoxy) is 2. The molecule has 49 heavy (non-hydrogen) atoms. The molecule has 0 aliphatic carbocycles. The van der Waals surface area contributed by atoms with Gasteiger partial charge in [0.15, 0.2) is 6.61 Å². The van der Waals surface area contributed by atoms with Crippen LogP contribution in [0.4, 0.5) is 0 Å². The number of aromatic hydroxyl groups is 2. The number of aliphatic hydroxyl groups excluding tert-OH is 4. The molecule has 1 aromatic carbocycles. The lowest BCUT2D eigenvalue weighted by Gasteiger charge is -2.39. The SMILES string of the molecule is C[C@@H]1C/C=C/C(NC(=O)CS[C@@H]2OC(CO)[C@H](O)C(O)C2O)C/C=C/C(=N\OCC(=O)N2CCCCC2)Cc2cc(O)cc(O)c2C(=O)O1. The fraction of sp³-hybridized carbons (Fsp3) is 0.576. The van der Waals surface area contributed by atoms with E-state index in [1.54, 1.807) is 36.1 Å². The molecular formula is C33H45N3O12S. The lowest BCUT2D eigenvalue weighted by atomic mass is 9.99. The number of oxime groups is 1. The van der Waals surface area contributed by atoms with Crippen molar-refractivity contribution in [1.29, 1.82) is 0 Å². The van der Waals surface area contributed by atoms with Crippen molar-refractivity contribution in [2.24, 2.45) is 5.16 Å². The number of hydrogen-bond donors (Lipinski definition) is 7. The largest absolute Gasteiger partial charge is 0.508 e. The maximum absolute atomic E-state index is 13.2. The van der Waals surface area contributed by atoms with Crippen LogP contribution in [0.15, 0.2) is 41.6 Å². The van der Waals surface area contributed by atoms with Gasteiger partial charge in [-0.3, -0.25) is 9.59 Å². The Hall–Kier alpha value is -3.67. The molecule has 0 saturated carbocycles. The van der Waals surface area contributed by atoms with Crippen molar-refractivity contribution in [2.45, 2.75) is 87.4 Å². The molecule has 2 amide bonds. The van der Waals surface area contributed by atoms with E-state index in [1.807, 2.05) is 0 Å². The molecule has 16 heteroatoms. The van der Waals surface area contributed by atoms with E-state index < -0.39 is 66.2 Å². The van der Waals surface area contributed by atoms with Gasteiger partial charge in [-0.15, -0.1) is 11.8 Å². The van der Waals surface area contributed by atoms with E-state index in [4.69, 9.17) is 14.3 Å². The number of rotatable bonds is 8. The van der Waals surface area contributed by atoms with Crippen LogP contribution in [0.3, 0.4) is 0 Å². The van der Waals surface area contributed by atoms with Gasteiger partial charge in [-0.1, -0.05) is 23.4 Å². The van der Waals surface area contributed by atoms with Gasteiger partial charge >= 0.3 is 5.97 Å². The van der Waals surface area contributed by atoms with Crippen molar-refractivity contribution in [3.63, 3.8) is 0 Å². The standard InChI is InChI=1S/C33H45N3O12S/c1-19-7-5-8-21(34-26(40)18-49-33-31(44)30(43)29(42)25(16-37)48-33)9-6-10-22(35-46-17-27(41)36-11-3-2-4-12-36)13-20-14-23(38)15-24(39)28(20)32(45)47-19/h5-6,8,10,14-15,19,21,25,29-31,33,37-39,42-44H,2-4,7,9,11-13,16-18H2,1H3,(H,34,40)/b8-5+,10-6+,35-22+/t19-,21?,25?,29+,30?,31?,33+/m1/s1. The third kappa shape index (κ3) is 10.9. The number of allylic oxidation sites excluding steroid dienone is 1. The Labute approximate surface area is 288 Å². The second-order valence-corrected chi connectivity index (χ2v) is 13.3. The van der Waals surface area contributed by atoms with Gasteiger partial charge in [-0.05, 0) is 50.3 Å². The predicted octanol–water partition coefficient (Wildman–Crippen LogP) is 0.495. The summed E-state index contributed by atoms with van der Waals surface area (Å²) in [4.78, 5) is 45.9. The molecule has 3 heterocycles. The van der Waals surface area contributed by atoms with Crippen molar-refractivity contribution in [3.05, 3.63) is 47.6 Å². The number of piperidine rings is 1. The Morgan fingerprint density at radius 3 is 2.55 bits per heavy atom. The molecule has 270 valence electrons. The first kappa shape index (κ1) is 38.1. The summed E-state index contributed by atoms with van der Waals surface area (Å²) in [5, 5.41) is 67.6. The molecule has 3 aliphatic heterocycles. The summed E-state index contributed by atoms with van der Waals surface area (Å²) in [7, 11) is 0. The average Bonchev–Trinajstić information content (AvgIpc) is 3.06. The normalized spacial score (nSPS) is 30.4. The summed E-state index contributed by atoms with van der Waals surface area (Å²) in [6.45, 7) is 2.07. The van der Waals surface area contributed by atoms with Crippen LogP contribution in [0, 0.1) is 0 Å². The summed E-state index contributed by atoms with van der Waals surface area (Å²) in [5.74, 6) is -2.39. The Balaban J connectivity index is 1.50. The van der Waals surface area contributed by atoms with Crippen LogP contribution in [-0.4, -0.2) is 133 Å². The Kier molecular flexibility index (Phi) is 14.3. The number of aliphatic hydroxyl groups is 4. The molecule has 7 atom stereocenters. The lowest BCUT2D eigenvalue weighted by molar-refractivity contribution is -0.205. The first-order valence-corrected chi connectivity index (χ1v) is 17.3. The highest BCUT2D eigenvalue weighted by molar-refractivity contribution is 8.00. The van der Waals surface area contributed by atoms with Gasteiger partial charge in [0.1, 0.15) is 53.0 Å². The molecule has 0 radical (unpaired) electrons. The number of carbonyl (C=O) groups is 3. The van der Waals surface area contributed by atoms with E-state index in [0.29, 0.717) is 13.1 Å². The van der Waals surface area contributed by atoms with Crippen molar-refractivity contribution >= 4 is 35.3 Å². The number of nitrogens with zero attached hydrogens (tertiary/aromatic N) is 2. The Morgan fingerprint density at radius 2 is 1.82 bits per heavy atom. The molecule has 1 aromatic rings. The summed E-state index contributed by atoms with van der Waals surface area (Å²) < 4.78 is 11.0. The second kappa shape index (κ2) is 18.4. The number of fused-ring (bicyclic) bond motifs is 1. The van der Waals surface area contributed by atoms with Crippen molar-refractivity contribution < 1.29 is 59.3 Å². The molecule has 2 saturated heterocycles. The van der Waals surface area contributed by atoms with Crippen LogP contribution in [-0.2, 0) is 30.3 Å². The molecule has 0 bridgehead atoms. The maximum atomic E-state index is 13.2. The van der Waals surface area contributed by atoms with Crippen LogP contribution in [0.1, 0.15) is 54.9 Å².